The van der Waals surface area contributed by atoms with Crippen molar-refractivity contribution in [1.29, 1.82) is 0 Å². The van der Waals surface area contributed by atoms with Gasteiger partial charge in [0, 0.05) is 25.7 Å². The predicted molar refractivity (Wildman–Crippen MR) is 64.7 cm³/mol. The lowest BCUT2D eigenvalue weighted by atomic mass is 10.2. The Labute approximate surface area is 90.3 Å². The Morgan fingerprint density at radius 3 is 1.93 bits per heavy atom. The summed E-state index contributed by atoms with van der Waals surface area (Å²) in [5.74, 6) is 0.772. The third kappa shape index (κ3) is 6.39. The molecular weight excluding hydrogens is 172 g/mol. The van der Waals surface area contributed by atoms with Gasteiger partial charge in [-0.2, -0.15) is 0 Å². The van der Waals surface area contributed by atoms with Crippen LogP contribution in [-0.4, -0.2) is 49.1 Å². The lowest BCUT2D eigenvalue weighted by Gasteiger charge is -2.28. The van der Waals surface area contributed by atoms with E-state index in [0.29, 0.717) is 6.04 Å². The Kier molecular flexibility index (Phi) is 7.20. The van der Waals surface area contributed by atoms with E-state index < -0.39 is 0 Å². The molecule has 0 heterocycles. The van der Waals surface area contributed by atoms with Gasteiger partial charge < -0.3 is 4.90 Å². The SMILES string of the molecule is CCN(CCN(C)CC(C)C)C(C)C. The minimum absolute atomic E-state index is 0.674. The summed E-state index contributed by atoms with van der Waals surface area (Å²) in [6.07, 6.45) is 0. The lowest BCUT2D eigenvalue weighted by Crippen LogP contribution is -2.38. The van der Waals surface area contributed by atoms with Crippen LogP contribution in [0.3, 0.4) is 0 Å². The van der Waals surface area contributed by atoms with E-state index >= 15 is 0 Å². The van der Waals surface area contributed by atoms with E-state index in [1.54, 1.807) is 0 Å². The molecule has 0 aromatic carbocycles. The number of hydrogen-bond donors (Lipinski definition) is 0. The van der Waals surface area contributed by atoms with Gasteiger partial charge in [0.25, 0.3) is 0 Å². The van der Waals surface area contributed by atoms with Gasteiger partial charge in [0.1, 0.15) is 0 Å². The summed E-state index contributed by atoms with van der Waals surface area (Å²) in [4.78, 5) is 4.94. The van der Waals surface area contributed by atoms with Gasteiger partial charge in [0.05, 0.1) is 0 Å². The first-order chi connectivity index (χ1) is 6.47. The molecule has 0 bridgehead atoms. The highest BCUT2D eigenvalue weighted by Gasteiger charge is 2.08. The second-order valence-corrected chi connectivity index (χ2v) is 4.88. The monoisotopic (exact) mass is 200 g/mol. The fourth-order valence-corrected chi connectivity index (χ4v) is 1.80. The number of rotatable bonds is 7. The van der Waals surface area contributed by atoms with Crippen molar-refractivity contribution in [1.82, 2.24) is 9.80 Å². The molecule has 0 aliphatic carbocycles. The zero-order chi connectivity index (χ0) is 11.1. The molecular formula is C12H28N2. The maximum atomic E-state index is 2.51. The number of likely N-dealkylation sites (N-methyl/N-ethyl adjacent to an activating group) is 2. The number of hydrogen-bond acceptors (Lipinski definition) is 2. The van der Waals surface area contributed by atoms with Crippen LogP contribution < -0.4 is 0 Å². The maximum absolute atomic E-state index is 2.51. The van der Waals surface area contributed by atoms with Crippen molar-refractivity contribution >= 4 is 0 Å². The van der Waals surface area contributed by atoms with Crippen molar-refractivity contribution in [3.8, 4) is 0 Å². The molecule has 0 rings (SSSR count). The van der Waals surface area contributed by atoms with E-state index in [9.17, 15) is 0 Å². The third-order valence-corrected chi connectivity index (χ3v) is 2.58. The van der Waals surface area contributed by atoms with Gasteiger partial charge in [-0.25, -0.2) is 0 Å². The number of nitrogens with zero attached hydrogens (tertiary/aromatic N) is 2. The molecule has 0 aliphatic rings. The molecule has 0 saturated carbocycles. The second kappa shape index (κ2) is 7.24. The van der Waals surface area contributed by atoms with Crippen LogP contribution in [0.2, 0.25) is 0 Å². The van der Waals surface area contributed by atoms with Gasteiger partial charge >= 0.3 is 0 Å². The molecule has 0 atom stereocenters. The van der Waals surface area contributed by atoms with Crippen LogP contribution in [0.15, 0.2) is 0 Å². The molecule has 0 aromatic rings. The summed E-state index contributed by atoms with van der Waals surface area (Å²) in [5, 5.41) is 0. The quantitative estimate of drug-likeness (QED) is 0.622. The molecule has 0 spiro atoms. The highest BCUT2D eigenvalue weighted by atomic mass is 15.2. The Bertz CT molecular complexity index is 132. The first-order valence-electron chi connectivity index (χ1n) is 5.90. The van der Waals surface area contributed by atoms with Crippen LogP contribution in [-0.2, 0) is 0 Å². The molecule has 0 aromatic heterocycles. The Morgan fingerprint density at radius 1 is 1.00 bits per heavy atom. The third-order valence-electron chi connectivity index (χ3n) is 2.58. The van der Waals surface area contributed by atoms with Gasteiger partial charge in [-0.1, -0.05) is 20.8 Å². The zero-order valence-corrected chi connectivity index (χ0v) is 10.9. The summed E-state index contributed by atoms with van der Waals surface area (Å²) in [7, 11) is 2.22. The highest BCUT2D eigenvalue weighted by molar-refractivity contribution is 4.63. The van der Waals surface area contributed by atoms with Crippen LogP contribution in [0.4, 0.5) is 0 Å². The molecule has 86 valence electrons. The van der Waals surface area contributed by atoms with Crippen LogP contribution in [0.5, 0.6) is 0 Å². The summed E-state index contributed by atoms with van der Waals surface area (Å²) in [6.45, 7) is 16.1. The summed E-state index contributed by atoms with van der Waals surface area (Å²) >= 11 is 0. The van der Waals surface area contributed by atoms with Crippen molar-refractivity contribution in [3.63, 3.8) is 0 Å². The molecule has 0 N–H and O–H groups in total. The fraction of sp³-hybridized carbons (Fsp3) is 1.00. The van der Waals surface area contributed by atoms with E-state index in [1.807, 2.05) is 0 Å². The molecule has 0 unspecified atom stereocenters. The minimum atomic E-state index is 0.674. The molecule has 0 radical (unpaired) electrons. The van der Waals surface area contributed by atoms with Crippen molar-refractivity contribution < 1.29 is 0 Å². The molecule has 0 aliphatic heterocycles. The molecule has 14 heavy (non-hydrogen) atoms. The molecule has 2 nitrogen and oxygen atoms in total. The van der Waals surface area contributed by atoms with E-state index in [4.69, 9.17) is 0 Å². The van der Waals surface area contributed by atoms with Crippen molar-refractivity contribution in [2.24, 2.45) is 5.92 Å². The van der Waals surface area contributed by atoms with Crippen LogP contribution >= 0.6 is 0 Å². The van der Waals surface area contributed by atoms with Gasteiger partial charge in [-0.15, -0.1) is 0 Å². The fourth-order valence-electron chi connectivity index (χ4n) is 1.80. The Balaban J connectivity index is 3.68. The van der Waals surface area contributed by atoms with E-state index in [2.05, 4.69) is 51.5 Å². The van der Waals surface area contributed by atoms with Crippen molar-refractivity contribution in [2.45, 2.75) is 40.7 Å². The summed E-state index contributed by atoms with van der Waals surface area (Å²) in [5.41, 5.74) is 0. The van der Waals surface area contributed by atoms with E-state index in [1.165, 1.54) is 19.6 Å². The molecule has 0 fully saturated rings. The first kappa shape index (κ1) is 13.9. The normalized spacial score (nSPS) is 12.4. The second-order valence-electron chi connectivity index (χ2n) is 4.88. The average Bonchev–Trinajstić information content (AvgIpc) is 2.03. The molecule has 0 amide bonds. The Hall–Kier alpha value is -0.0800. The van der Waals surface area contributed by atoms with Crippen LogP contribution in [0, 0.1) is 5.92 Å². The molecule has 0 saturated heterocycles. The smallest absolute Gasteiger partial charge is 0.0112 e. The summed E-state index contributed by atoms with van der Waals surface area (Å²) < 4.78 is 0. The van der Waals surface area contributed by atoms with E-state index in [-0.39, 0.29) is 0 Å². The topological polar surface area (TPSA) is 6.48 Å². The average molecular weight is 200 g/mol. The minimum Gasteiger partial charge on any atom is -0.305 e. The standard InChI is InChI=1S/C12H28N2/c1-7-14(12(4)5)9-8-13(6)10-11(2)3/h11-12H,7-10H2,1-6H3. The van der Waals surface area contributed by atoms with Crippen LogP contribution in [0.25, 0.3) is 0 Å². The van der Waals surface area contributed by atoms with Gasteiger partial charge in [-0.3, -0.25) is 4.90 Å². The molecule has 2 heteroatoms. The zero-order valence-electron chi connectivity index (χ0n) is 10.9. The van der Waals surface area contributed by atoms with E-state index in [0.717, 1.165) is 12.5 Å². The maximum Gasteiger partial charge on any atom is 0.0112 e. The largest absolute Gasteiger partial charge is 0.305 e. The lowest BCUT2D eigenvalue weighted by molar-refractivity contribution is 0.190. The summed E-state index contributed by atoms with van der Waals surface area (Å²) in [6, 6.07) is 0.674. The van der Waals surface area contributed by atoms with Gasteiger partial charge in [-0.05, 0) is 33.4 Å². The predicted octanol–water partition coefficient (Wildman–Crippen LogP) is 2.30. The van der Waals surface area contributed by atoms with Gasteiger partial charge in [0.2, 0.25) is 0 Å². The highest BCUT2D eigenvalue weighted by Crippen LogP contribution is 1.99. The van der Waals surface area contributed by atoms with Crippen molar-refractivity contribution in [2.75, 3.05) is 33.2 Å². The van der Waals surface area contributed by atoms with Gasteiger partial charge in [0.15, 0.2) is 0 Å². The van der Waals surface area contributed by atoms with Crippen LogP contribution in [0.1, 0.15) is 34.6 Å². The van der Waals surface area contributed by atoms with Crippen molar-refractivity contribution in [3.05, 3.63) is 0 Å². The first-order valence-corrected chi connectivity index (χ1v) is 5.90. The Morgan fingerprint density at radius 2 is 1.57 bits per heavy atom.